The van der Waals surface area contributed by atoms with Gasteiger partial charge in [0.25, 0.3) is 6.01 Å². The van der Waals surface area contributed by atoms with Crippen LogP contribution in [0.3, 0.4) is 0 Å². The fourth-order valence-corrected chi connectivity index (χ4v) is 2.08. The van der Waals surface area contributed by atoms with Crippen molar-refractivity contribution in [3.8, 4) is 11.3 Å². The van der Waals surface area contributed by atoms with Crippen LogP contribution < -0.4 is 5.73 Å². The summed E-state index contributed by atoms with van der Waals surface area (Å²) in [6, 6.07) is 6.21. The molecule has 3 rings (SSSR count). The molecule has 0 spiro atoms. The maximum absolute atomic E-state index is 5.46. The highest BCUT2D eigenvalue weighted by Gasteiger charge is 2.09. The zero-order valence-corrected chi connectivity index (χ0v) is 9.78. The number of anilines is 1. The number of nitrogens with two attached hydrogens (primary N) is 1. The molecular formula is C11H8BrN3O. The number of hydrogen-bond donors (Lipinski definition) is 2. The van der Waals surface area contributed by atoms with Gasteiger partial charge in [0.2, 0.25) is 0 Å². The van der Waals surface area contributed by atoms with Crippen molar-refractivity contribution in [1.82, 2.24) is 9.97 Å². The molecule has 2 heterocycles. The van der Waals surface area contributed by atoms with E-state index in [-0.39, 0.29) is 6.01 Å². The van der Waals surface area contributed by atoms with Crippen molar-refractivity contribution in [3.63, 3.8) is 0 Å². The van der Waals surface area contributed by atoms with Gasteiger partial charge in [-0.3, -0.25) is 0 Å². The molecule has 1 aromatic carbocycles. The minimum absolute atomic E-state index is 0.182. The number of benzene rings is 1. The number of fused-ring (bicyclic) bond motifs is 1. The summed E-state index contributed by atoms with van der Waals surface area (Å²) in [6.45, 7) is 0. The van der Waals surface area contributed by atoms with Gasteiger partial charge >= 0.3 is 0 Å². The fourth-order valence-electron chi connectivity index (χ4n) is 1.72. The maximum atomic E-state index is 5.46. The van der Waals surface area contributed by atoms with Gasteiger partial charge in [-0.2, -0.15) is 4.98 Å². The molecule has 4 nitrogen and oxygen atoms in total. The highest BCUT2D eigenvalue weighted by Crippen LogP contribution is 2.29. The number of aromatic amines is 1. The van der Waals surface area contributed by atoms with E-state index < -0.39 is 0 Å². The largest absolute Gasteiger partial charge is 0.432 e. The Morgan fingerprint density at radius 3 is 3.00 bits per heavy atom. The van der Waals surface area contributed by atoms with E-state index in [1.165, 1.54) is 0 Å². The molecule has 0 aliphatic rings. The van der Waals surface area contributed by atoms with Gasteiger partial charge in [0, 0.05) is 27.1 Å². The van der Waals surface area contributed by atoms with Gasteiger partial charge in [-0.15, -0.1) is 0 Å². The molecule has 0 unspecified atom stereocenters. The van der Waals surface area contributed by atoms with E-state index in [2.05, 4.69) is 25.9 Å². The average Bonchev–Trinajstić information content (AvgIpc) is 2.83. The Kier molecular flexibility index (Phi) is 2.00. The number of nitrogens with zero attached hydrogens (tertiary/aromatic N) is 1. The number of hydrogen-bond acceptors (Lipinski definition) is 3. The fraction of sp³-hybridized carbons (Fsp3) is 0. The zero-order chi connectivity index (χ0) is 11.1. The smallest absolute Gasteiger partial charge is 0.292 e. The van der Waals surface area contributed by atoms with E-state index in [1.807, 2.05) is 24.4 Å². The molecule has 3 N–H and O–H groups in total. The van der Waals surface area contributed by atoms with E-state index in [0.717, 1.165) is 26.6 Å². The number of oxazole rings is 1. The Bertz CT molecular complexity index is 656. The number of halogens is 1. The lowest BCUT2D eigenvalue weighted by atomic mass is 10.1. The van der Waals surface area contributed by atoms with E-state index in [0.29, 0.717) is 0 Å². The van der Waals surface area contributed by atoms with Crippen molar-refractivity contribution in [1.29, 1.82) is 0 Å². The number of nitrogen functional groups attached to an aromatic ring is 1. The van der Waals surface area contributed by atoms with Gasteiger partial charge in [0.05, 0.1) is 0 Å². The van der Waals surface area contributed by atoms with Gasteiger partial charge in [0.15, 0.2) is 0 Å². The van der Waals surface area contributed by atoms with Crippen molar-refractivity contribution in [2.75, 3.05) is 5.73 Å². The Balaban J connectivity index is 2.25. The maximum Gasteiger partial charge on any atom is 0.292 e. The third-order valence-corrected chi connectivity index (χ3v) is 2.93. The molecule has 0 saturated heterocycles. The van der Waals surface area contributed by atoms with Gasteiger partial charge in [-0.05, 0) is 12.1 Å². The molecule has 0 amide bonds. The van der Waals surface area contributed by atoms with Crippen LogP contribution in [0.25, 0.3) is 22.2 Å². The molecule has 0 radical (unpaired) electrons. The van der Waals surface area contributed by atoms with E-state index in [1.54, 1.807) is 6.26 Å². The van der Waals surface area contributed by atoms with Gasteiger partial charge < -0.3 is 15.1 Å². The first-order chi connectivity index (χ1) is 7.74. The minimum Gasteiger partial charge on any atom is -0.432 e. The molecule has 2 aromatic heterocycles. The first kappa shape index (κ1) is 9.47. The zero-order valence-electron chi connectivity index (χ0n) is 8.20. The second kappa shape index (κ2) is 3.38. The van der Waals surface area contributed by atoms with E-state index in [9.17, 15) is 0 Å². The van der Waals surface area contributed by atoms with E-state index in [4.69, 9.17) is 10.2 Å². The van der Waals surface area contributed by atoms with Crippen molar-refractivity contribution in [3.05, 3.63) is 35.1 Å². The SMILES string of the molecule is Nc1nc(-c2c[nH]c3cc(Br)ccc23)co1. The standard InChI is InChI=1S/C11H8BrN3O/c12-6-1-2-7-8(4-14-9(7)3-6)10-5-16-11(13)15-10/h1-5,14H,(H2,13,15). The summed E-state index contributed by atoms with van der Waals surface area (Å²) in [5, 5.41) is 1.09. The van der Waals surface area contributed by atoms with Gasteiger partial charge in [0.1, 0.15) is 12.0 Å². The highest BCUT2D eigenvalue weighted by molar-refractivity contribution is 9.10. The van der Waals surface area contributed by atoms with Crippen LogP contribution in [-0.2, 0) is 0 Å². The highest BCUT2D eigenvalue weighted by atomic mass is 79.9. The van der Waals surface area contributed by atoms with Crippen LogP contribution in [0.2, 0.25) is 0 Å². The molecule has 3 aromatic rings. The monoisotopic (exact) mass is 277 g/mol. The van der Waals surface area contributed by atoms with Crippen molar-refractivity contribution in [2.45, 2.75) is 0 Å². The number of nitrogens with one attached hydrogen (secondary N) is 1. The Morgan fingerprint density at radius 1 is 1.38 bits per heavy atom. The van der Waals surface area contributed by atoms with Crippen LogP contribution in [0.4, 0.5) is 6.01 Å². The second-order valence-electron chi connectivity index (χ2n) is 3.46. The molecular weight excluding hydrogens is 270 g/mol. The van der Waals surface area contributed by atoms with E-state index >= 15 is 0 Å². The molecule has 0 atom stereocenters. The quantitative estimate of drug-likeness (QED) is 0.718. The van der Waals surface area contributed by atoms with Crippen molar-refractivity contribution in [2.24, 2.45) is 0 Å². The van der Waals surface area contributed by atoms with Crippen LogP contribution in [-0.4, -0.2) is 9.97 Å². The molecule has 0 saturated carbocycles. The summed E-state index contributed by atoms with van der Waals surface area (Å²) >= 11 is 3.43. The topological polar surface area (TPSA) is 67.8 Å². The number of H-pyrrole nitrogens is 1. The number of rotatable bonds is 1. The van der Waals surface area contributed by atoms with Crippen molar-refractivity contribution >= 4 is 32.8 Å². The lowest BCUT2D eigenvalue weighted by molar-refractivity contribution is 0.581. The van der Waals surface area contributed by atoms with Crippen LogP contribution in [0.1, 0.15) is 0 Å². The summed E-state index contributed by atoms with van der Waals surface area (Å²) in [7, 11) is 0. The predicted molar refractivity (Wildman–Crippen MR) is 65.9 cm³/mol. The summed E-state index contributed by atoms with van der Waals surface area (Å²) in [5.41, 5.74) is 8.24. The predicted octanol–water partition coefficient (Wildman–Crippen LogP) is 3.17. The van der Waals surface area contributed by atoms with Crippen LogP contribution in [0.5, 0.6) is 0 Å². The Hall–Kier alpha value is -1.75. The first-order valence-corrected chi connectivity index (χ1v) is 5.51. The molecule has 5 heteroatoms. The van der Waals surface area contributed by atoms with Crippen LogP contribution in [0, 0.1) is 0 Å². The lowest BCUT2D eigenvalue weighted by Gasteiger charge is -1.94. The average molecular weight is 278 g/mol. The van der Waals surface area contributed by atoms with Gasteiger partial charge in [-0.25, -0.2) is 0 Å². The normalized spacial score (nSPS) is 11.1. The molecule has 80 valence electrons. The summed E-state index contributed by atoms with van der Waals surface area (Å²) < 4.78 is 6.04. The van der Waals surface area contributed by atoms with Crippen LogP contribution in [0.15, 0.2) is 39.5 Å². The lowest BCUT2D eigenvalue weighted by Crippen LogP contribution is -1.82. The second-order valence-corrected chi connectivity index (χ2v) is 4.38. The first-order valence-electron chi connectivity index (χ1n) is 4.72. The molecule has 16 heavy (non-hydrogen) atoms. The molecule has 0 bridgehead atoms. The van der Waals surface area contributed by atoms with Crippen LogP contribution >= 0.6 is 15.9 Å². The Labute approximate surface area is 99.6 Å². The number of aromatic nitrogens is 2. The molecule has 0 aliphatic carbocycles. The van der Waals surface area contributed by atoms with Crippen molar-refractivity contribution < 1.29 is 4.42 Å². The summed E-state index contributed by atoms with van der Waals surface area (Å²) in [6.07, 6.45) is 3.45. The third kappa shape index (κ3) is 1.40. The minimum atomic E-state index is 0.182. The molecule has 0 aliphatic heterocycles. The summed E-state index contributed by atoms with van der Waals surface area (Å²) in [4.78, 5) is 7.29. The van der Waals surface area contributed by atoms with Gasteiger partial charge in [-0.1, -0.05) is 22.0 Å². The Morgan fingerprint density at radius 2 is 2.25 bits per heavy atom. The molecule has 0 fully saturated rings. The summed E-state index contributed by atoms with van der Waals surface area (Å²) in [5.74, 6) is 0. The third-order valence-electron chi connectivity index (χ3n) is 2.44.